The van der Waals surface area contributed by atoms with Crippen LogP contribution in [0.5, 0.6) is 0 Å². The molecule has 0 bridgehead atoms. The fraction of sp³-hybridized carbons (Fsp3) is 0.500. The molecule has 160 valence electrons. The normalized spacial score (nSPS) is 15.1. The summed E-state index contributed by atoms with van der Waals surface area (Å²) >= 11 is 1.69. The van der Waals surface area contributed by atoms with E-state index in [1.165, 1.54) is 16.9 Å². The number of benzene rings is 1. The molecule has 0 saturated carbocycles. The number of hydrogen-bond donors (Lipinski definition) is 2. The second kappa shape index (κ2) is 9.41. The Morgan fingerprint density at radius 2 is 1.93 bits per heavy atom. The van der Waals surface area contributed by atoms with E-state index >= 15 is 0 Å². The summed E-state index contributed by atoms with van der Waals surface area (Å²) in [6.45, 7) is 6.27. The second-order valence-corrected chi connectivity index (χ2v) is 9.92. The van der Waals surface area contributed by atoms with Crippen LogP contribution in [-0.4, -0.2) is 39.2 Å². The van der Waals surface area contributed by atoms with Gasteiger partial charge in [0.1, 0.15) is 10.7 Å². The highest BCUT2D eigenvalue weighted by atomic mass is 32.1. The van der Waals surface area contributed by atoms with Gasteiger partial charge in [-0.2, -0.15) is 0 Å². The minimum absolute atomic E-state index is 0.0104. The molecule has 1 aliphatic rings. The summed E-state index contributed by atoms with van der Waals surface area (Å²) in [6.07, 6.45) is 4.57. The maximum Gasteiger partial charge on any atom is 0.259 e. The van der Waals surface area contributed by atoms with E-state index in [1.807, 2.05) is 30.3 Å². The predicted octanol–water partition coefficient (Wildman–Crippen LogP) is 3.93. The van der Waals surface area contributed by atoms with E-state index in [2.05, 4.69) is 23.7 Å². The molecule has 2 N–H and O–H groups in total. The van der Waals surface area contributed by atoms with E-state index in [0.717, 1.165) is 41.6 Å². The summed E-state index contributed by atoms with van der Waals surface area (Å²) in [5.74, 6) is 1.15. The molecule has 1 aliphatic carbocycles. The Morgan fingerprint density at radius 1 is 1.17 bits per heavy atom. The molecule has 1 atom stereocenters. The average molecular weight is 426 g/mol. The Kier molecular flexibility index (Phi) is 6.66. The van der Waals surface area contributed by atoms with Crippen molar-refractivity contribution in [2.45, 2.75) is 58.6 Å². The first-order valence-electron chi connectivity index (χ1n) is 11.0. The van der Waals surface area contributed by atoms with Gasteiger partial charge in [-0.1, -0.05) is 44.2 Å². The smallest absolute Gasteiger partial charge is 0.259 e. The number of thiophene rings is 1. The van der Waals surface area contributed by atoms with Gasteiger partial charge in [-0.15, -0.1) is 11.3 Å². The topological polar surface area (TPSA) is 69.2 Å². The Balaban J connectivity index is 1.52. The second-order valence-electron chi connectivity index (χ2n) is 8.84. The lowest BCUT2D eigenvalue weighted by molar-refractivity contribution is 0.100. The SMILES string of the molecule is CC(C)CN(Cc1nc2sc3c(c2c(=O)[nH]1)CCCC3)CC(O)Cc1ccccc1. The maximum atomic E-state index is 12.8. The average Bonchev–Trinajstić information content (AvgIpc) is 3.06. The summed E-state index contributed by atoms with van der Waals surface area (Å²) in [5, 5.41) is 11.5. The fourth-order valence-electron chi connectivity index (χ4n) is 4.46. The molecule has 0 spiro atoms. The van der Waals surface area contributed by atoms with Gasteiger partial charge in [0.2, 0.25) is 0 Å². The highest BCUT2D eigenvalue weighted by molar-refractivity contribution is 7.18. The van der Waals surface area contributed by atoms with Crippen LogP contribution in [0.15, 0.2) is 35.1 Å². The summed E-state index contributed by atoms with van der Waals surface area (Å²) in [7, 11) is 0. The van der Waals surface area contributed by atoms with Gasteiger partial charge in [0.05, 0.1) is 18.0 Å². The third kappa shape index (κ3) is 4.99. The van der Waals surface area contributed by atoms with Crippen molar-refractivity contribution in [3.05, 3.63) is 62.5 Å². The lowest BCUT2D eigenvalue weighted by atomic mass is 9.97. The molecule has 2 aromatic heterocycles. The van der Waals surface area contributed by atoms with E-state index in [1.54, 1.807) is 11.3 Å². The molecule has 0 fully saturated rings. The third-order valence-corrected chi connectivity index (χ3v) is 6.84. The molecule has 3 aromatic rings. The van der Waals surface area contributed by atoms with E-state index in [0.29, 0.717) is 31.3 Å². The molecule has 5 nitrogen and oxygen atoms in total. The van der Waals surface area contributed by atoms with Crippen molar-refractivity contribution in [2.75, 3.05) is 13.1 Å². The molecule has 1 aromatic carbocycles. The molecular weight excluding hydrogens is 394 g/mol. The molecule has 0 amide bonds. The van der Waals surface area contributed by atoms with Gasteiger partial charge in [0.25, 0.3) is 5.56 Å². The Hall–Kier alpha value is -2.02. The van der Waals surface area contributed by atoms with E-state index < -0.39 is 6.10 Å². The van der Waals surface area contributed by atoms with Gasteiger partial charge in [-0.05, 0) is 49.1 Å². The number of aliphatic hydroxyl groups excluding tert-OH is 1. The Morgan fingerprint density at radius 3 is 2.70 bits per heavy atom. The molecule has 30 heavy (non-hydrogen) atoms. The standard InChI is InChI=1S/C24H31N3O2S/c1-16(2)13-27(14-18(28)12-17-8-4-3-5-9-17)15-21-25-23(29)22-19-10-6-7-11-20(19)30-24(22)26-21/h3-5,8-9,16,18,28H,6-7,10-15H2,1-2H3,(H,25,26,29). The van der Waals surface area contributed by atoms with Crippen molar-refractivity contribution >= 4 is 21.6 Å². The number of fused-ring (bicyclic) bond motifs is 3. The summed E-state index contributed by atoms with van der Waals surface area (Å²) in [5.41, 5.74) is 2.34. The van der Waals surface area contributed by atoms with Gasteiger partial charge >= 0.3 is 0 Å². The quantitative estimate of drug-likeness (QED) is 0.574. The molecule has 0 aliphatic heterocycles. The summed E-state index contributed by atoms with van der Waals surface area (Å²) < 4.78 is 0. The predicted molar refractivity (Wildman–Crippen MR) is 123 cm³/mol. The lowest BCUT2D eigenvalue weighted by Gasteiger charge is -2.26. The van der Waals surface area contributed by atoms with Crippen LogP contribution in [0.1, 0.15) is 48.5 Å². The Labute approximate surface area is 181 Å². The first-order valence-corrected chi connectivity index (χ1v) is 11.8. The van der Waals surface area contributed by atoms with Crippen LogP contribution in [0.2, 0.25) is 0 Å². The van der Waals surface area contributed by atoms with Crippen molar-refractivity contribution in [3.8, 4) is 0 Å². The van der Waals surface area contributed by atoms with E-state index in [-0.39, 0.29) is 5.56 Å². The monoisotopic (exact) mass is 425 g/mol. The zero-order chi connectivity index (χ0) is 21.1. The molecule has 0 radical (unpaired) electrons. The van der Waals surface area contributed by atoms with Crippen LogP contribution in [0.3, 0.4) is 0 Å². The van der Waals surface area contributed by atoms with Gasteiger partial charge in [0.15, 0.2) is 0 Å². The zero-order valence-corrected chi connectivity index (χ0v) is 18.7. The largest absolute Gasteiger partial charge is 0.391 e. The van der Waals surface area contributed by atoms with Gasteiger partial charge < -0.3 is 10.1 Å². The number of nitrogens with zero attached hydrogens (tertiary/aromatic N) is 2. The minimum atomic E-state index is -0.462. The molecule has 4 rings (SSSR count). The number of aromatic amines is 1. The number of aromatic nitrogens is 2. The van der Waals surface area contributed by atoms with Crippen LogP contribution in [0, 0.1) is 5.92 Å². The van der Waals surface area contributed by atoms with Crippen LogP contribution in [0.4, 0.5) is 0 Å². The molecule has 0 saturated heterocycles. The number of hydrogen-bond acceptors (Lipinski definition) is 5. The minimum Gasteiger partial charge on any atom is -0.391 e. The fourth-order valence-corrected chi connectivity index (χ4v) is 5.74. The number of nitrogens with one attached hydrogen (secondary N) is 1. The third-order valence-electron chi connectivity index (χ3n) is 5.65. The van der Waals surface area contributed by atoms with Crippen LogP contribution < -0.4 is 5.56 Å². The number of aryl methyl sites for hydroxylation is 2. The molecular formula is C24H31N3O2S. The molecule has 2 heterocycles. The van der Waals surface area contributed by atoms with E-state index in [9.17, 15) is 9.90 Å². The number of H-pyrrole nitrogens is 1. The lowest BCUT2D eigenvalue weighted by Crippen LogP contribution is -2.36. The van der Waals surface area contributed by atoms with E-state index in [4.69, 9.17) is 4.98 Å². The van der Waals surface area contributed by atoms with Crippen molar-refractivity contribution in [3.63, 3.8) is 0 Å². The highest BCUT2D eigenvalue weighted by Crippen LogP contribution is 2.33. The van der Waals surface area contributed by atoms with Crippen LogP contribution in [0.25, 0.3) is 10.2 Å². The van der Waals surface area contributed by atoms with Crippen molar-refractivity contribution in [1.29, 1.82) is 0 Å². The van der Waals surface area contributed by atoms with Crippen LogP contribution in [-0.2, 0) is 25.8 Å². The summed E-state index contributed by atoms with van der Waals surface area (Å²) in [6, 6.07) is 10.1. The first kappa shape index (κ1) is 21.2. The number of aliphatic hydroxyl groups is 1. The van der Waals surface area contributed by atoms with Crippen LogP contribution >= 0.6 is 11.3 Å². The van der Waals surface area contributed by atoms with Gasteiger partial charge in [-0.25, -0.2) is 4.98 Å². The first-order chi connectivity index (χ1) is 14.5. The Bertz CT molecular complexity index is 1040. The zero-order valence-electron chi connectivity index (χ0n) is 17.9. The molecule has 6 heteroatoms. The maximum absolute atomic E-state index is 12.8. The van der Waals surface area contributed by atoms with Gasteiger partial charge in [-0.3, -0.25) is 9.69 Å². The van der Waals surface area contributed by atoms with Crippen molar-refractivity contribution in [1.82, 2.24) is 14.9 Å². The van der Waals surface area contributed by atoms with Gasteiger partial charge in [0, 0.05) is 18.0 Å². The summed E-state index contributed by atoms with van der Waals surface area (Å²) in [4.78, 5) is 25.1. The molecule has 1 unspecified atom stereocenters. The van der Waals surface area contributed by atoms with Crippen molar-refractivity contribution in [2.24, 2.45) is 5.92 Å². The highest BCUT2D eigenvalue weighted by Gasteiger charge is 2.21. The number of rotatable bonds is 8. The van der Waals surface area contributed by atoms with Crippen molar-refractivity contribution < 1.29 is 5.11 Å².